The van der Waals surface area contributed by atoms with Crippen LogP contribution in [0, 0.1) is 6.92 Å². The number of aromatic nitrogens is 6. The lowest BCUT2D eigenvalue weighted by Gasteiger charge is -2.06. The van der Waals surface area contributed by atoms with Gasteiger partial charge in [-0.05, 0) is 30.5 Å². The second-order valence-corrected chi connectivity index (χ2v) is 6.47. The Balaban J connectivity index is 1.38. The molecule has 9 heteroatoms. The van der Waals surface area contributed by atoms with Crippen LogP contribution >= 0.6 is 0 Å². The molecule has 1 amide bonds. The van der Waals surface area contributed by atoms with Crippen LogP contribution < -0.4 is 5.32 Å². The number of carbonyl (C=O) groups is 1. The summed E-state index contributed by atoms with van der Waals surface area (Å²) in [6.07, 6.45) is 3.44. The number of rotatable bonds is 4. The zero-order valence-electron chi connectivity index (χ0n) is 15.4. The van der Waals surface area contributed by atoms with Gasteiger partial charge in [0.15, 0.2) is 17.3 Å². The molecule has 1 N–H and O–H groups in total. The second-order valence-electron chi connectivity index (χ2n) is 6.47. The van der Waals surface area contributed by atoms with E-state index in [2.05, 4.69) is 30.6 Å². The molecule has 4 aromatic heterocycles. The summed E-state index contributed by atoms with van der Waals surface area (Å²) in [7, 11) is 0. The van der Waals surface area contributed by atoms with Crippen LogP contribution in [0.5, 0.6) is 0 Å². The standard InChI is InChI=1S/C20H15N7O2/c1-12-23-20(29-26-12)14-7-9-27-16(10-14)24-25-17(27)11-22-19(28)18-15-5-3-2-4-13(15)6-8-21-18/h2-10H,11H2,1H3,(H,22,28). The van der Waals surface area contributed by atoms with Crippen molar-refractivity contribution in [2.75, 3.05) is 0 Å². The van der Waals surface area contributed by atoms with Crippen LogP contribution in [0.25, 0.3) is 27.9 Å². The van der Waals surface area contributed by atoms with Gasteiger partial charge in [-0.3, -0.25) is 14.2 Å². The Bertz CT molecular complexity index is 1350. The first kappa shape index (κ1) is 17.0. The normalized spacial score (nSPS) is 11.2. The molecule has 9 nitrogen and oxygen atoms in total. The maximum absolute atomic E-state index is 12.7. The molecule has 0 radical (unpaired) electrons. The Morgan fingerprint density at radius 3 is 2.93 bits per heavy atom. The van der Waals surface area contributed by atoms with Crippen molar-refractivity contribution in [3.63, 3.8) is 0 Å². The summed E-state index contributed by atoms with van der Waals surface area (Å²) < 4.78 is 6.98. The second kappa shape index (κ2) is 6.79. The summed E-state index contributed by atoms with van der Waals surface area (Å²) in [4.78, 5) is 21.1. The summed E-state index contributed by atoms with van der Waals surface area (Å²) in [5.74, 6) is 1.31. The Labute approximate surface area is 164 Å². The number of benzene rings is 1. The zero-order chi connectivity index (χ0) is 19.8. The summed E-state index contributed by atoms with van der Waals surface area (Å²) >= 11 is 0. The van der Waals surface area contributed by atoms with E-state index in [1.54, 1.807) is 23.6 Å². The van der Waals surface area contributed by atoms with E-state index in [1.165, 1.54) is 0 Å². The van der Waals surface area contributed by atoms with Gasteiger partial charge in [-0.1, -0.05) is 29.4 Å². The van der Waals surface area contributed by atoms with Crippen molar-refractivity contribution in [1.29, 1.82) is 0 Å². The number of hydrogen-bond donors (Lipinski definition) is 1. The summed E-state index contributed by atoms with van der Waals surface area (Å²) in [6, 6.07) is 13.2. The molecule has 0 aliphatic carbocycles. The van der Waals surface area contributed by atoms with Gasteiger partial charge >= 0.3 is 0 Å². The molecule has 4 heterocycles. The first-order valence-electron chi connectivity index (χ1n) is 8.95. The fourth-order valence-corrected chi connectivity index (χ4v) is 3.15. The molecular formula is C20H15N7O2. The Hall–Kier alpha value is -4.14. The summed E-state index contributed by atoms with van der Waals surface area (Å²) in [5.41, 5.74) is 1.75. The molecule has 0 aliphatic rings. The highest BCUT2D eigenvalue weighted by molar-refractivity contribution is 6.05. The molecule has 0 spiro atoms. The van der Waals surface area contributed by atoms with Crippen molar-refractivity contribution < 1.29 is 9.32 Å². The van der Waals surface area contributed by atoms with Gasteiger partial charge in [0.1, 0.15) is 5.69 Å². The molecule has 0 fully saturated rings. The fraction of sp³-hybridized carbons (Fsp3) is 0.100. The van der Waals surface area contributed by atoms with Gasteiger partial charge in [0, 0.05) is 23.3 Å². The van der Waals surface area contributed by atoms with E-state index in [1.807, 2.05) is 42.6 Å². The third-order valence-electron chi connectivity index (χ3n) is 4.55. The molecule has 0 unspecified atom stereocenters. The van der Waals surface area contributed by atoms with Gasteiger partial charge in [-0.15, -0.1) is 10.2 Å². The number of amides is 1. The number of pyridine rings is 2. The molecule has 0 aliphatic heterocycles. The molecule has 0 saturated carbocycles. The maximum Gasteiger partial charge on any atom is 0.270 e. The number of nitrogens with zero attached hydrogens (tertiary/aromatic N) is 6. The van der Waals surface area contributed by atoms with E-state index in [4.69, 9.17) is 4.52 Å². The highest BCUT2D eigenvalue weighted by Crippen LogP contribution is 2.19. The van der Waals surface area contributed by atoms with Crippen molar-refractivity contribution in [2.24, 2.45) is 0 Å². The quantitative estimate of drug-likeness (QED) is 0.506. The number of nitrogens with one attached hydrogen (secondary N) is 1. The van der Waals surface area contributed by atoms with Gasteiger partial charge in [-0.25, -0.2) is 0 Å². The molecule has 0 bridgehead atoms. The predicted octanol–water partition coefficient (Wildman–Crippen LogP) is 2.57. The topological polar surface area (TPSA) is 111 Å². The lowest BCUT2D eigenvalue weighted by molar-refractivity contribution is 0.0946. The minimum atomic E-state index is -0.267. The van der Waals surface area contributed by atoms with Gasteiger partial charge in [-0.2, -0.15) is 4.98 Å². The molecule has 5 aromatic rings. The fourth-order valence-electron chi connectivity index (χ4n) is 3.15. The third kappa shape index (κ3) is 3.08. The third-order valence-corrected chi connectivity index (χ3v) is 4.55. The van der Waals surface area contributed by atoms with Crippen LogP contribution in [0.2, 0.25) is 0 Å². The molecule has 0 atom stereocenters. The van der Waals surface area contributed by atoms with E-state index >= 15 is 0 Å². The average molecular weight is 385 g/mol. The molecule has 1 aromatic carbocycles. The Morgan fingerprint density at radius 2 is 2.07 bits per heavy atom. The first-order valence-corrected chi connectivity index (χ1v) is 8.95. The van der Waals surface area contributed by atoms with E-state index < -0.39 is 0 Å². The molecule has 142 valence electrons. The van der Waals surface area contributed by atoms with Gasteiger partial charge in [0.2, 0.25) is 0 Å². The monoisotopic (exact) mass is 385 g/mol. The Kier molecular flexibility index (Phi) is 3.98. The number of carbonyl (C=O) groups excluding carboxylic acids is 1. The summed E-state index contributed by atoms with van der Waals surface area (Å²) in [5, 5.41) is 16.8. The van der Waals surface area contributed by atoms with Crippen molar-refractivity contribution in [1.82, 2.24) is 35.0 Å². The van der Waals surface area contributed by atoms with Gasteiger partial charge < -0.3 is 9.84 Å². The Morgan fingerprint density at radius 1 is 1.17 bits per heavy atom. The highest BCUT2D eigenvalue weighted by Gasteiger charge is 2.14. The molecular weight excluding hydrogens is 370 g/mol. The van der Waals surface area contributed by atoms with Crippen LogP contribution in [-0.2, 0) is 6.54 Å². The van der Waals surface area contributed by atoms with E-state index in [-0.39, 0.29) is 12.5 Å². The van der Waals surface area contributed by atoms with Crippen LogP contribution in [0.3, 0.4) is 0 Å². The maximum atomic E-state index is 12.7. The van der Waals surface area contributed by atoms with Crippen molar-refractivity contribution in [2.45, 2.75) is 13.5 Å². The minimum Gasteiger partial charge on any atom is -0.343 e. The lowest BCUT2D eigenvalue weighted by atomic mass is 10.1. The van der Waals surface area contributed by atoms with E-state index in [0.29, 0.717) is 28.9 Å². The van der Waals surface area contributed by atoms with Gasteiger partial charge in [0.05, 0.1) is 6.54 Å². The number of hydrogen-bond acceptors (Lipinski definition) is 7. The average Bonchev–Trinajstić information content (AvgIpc) is 3.37. The molecule has 0 saturated heterocycles. The van der Waals surface area contributed by atoms with Crippen molar-refractivity contribution in [3.8, 4) is 11.5 Å². The van der Waals surface area contributed by atoms with E-state index in [0.717, 1.165) is 16.3 Å². The minimum absolute atomic E-state index is 0.212. The predicted molar refractivity (Wildman–Crippen MR) is 104 cm³/mol. The number of aryl methyl sites for hydroxylation is 1. The summed E-state index contributed by atoms with van der Waals surface area (Å²) in [6.45, 7) is 1.97. The lowest BCUT2D eigenvalue weighted by Crippen LogP contribution is -2.25. The van der Waals surface area contributed by atoms with Crippen molar-refractivity contribution >= 4 is 22.3 Å². The largest absolute Gasteiger partial charge is 0.343 e. The van der Waals surface area contributed by atoms with Crippen LogP contribution in [0.1, 0.15) is 22.1 Å². The van der Waals surface area contributed by atoms with Crippen molar-refractivity contribution in [3.05, 3.63) is 72.2 Å². The van der Waals surface area contributed by atoms with Crippen LogP contribution in [0.4, 0.5) is 0 Å². The van der Waals surface area contributed by atoms with Crippen LogP contribution in [0.15, 0.2) is 59.4 Å². The number of fused-ring (bicyclic) bond motifs is 2. The molecule has 5 rings (SSSR count). The molecule has 29 heavy (non-hydrogen) atoms. The smallest absolute Gasteiger partial charge is 0.270 e. The van der Waals surface area contributed by atoms with Crippen LogP contribution in [-0.4, -0.2) is 35.6 Å². The SMILES string of the molecule is Cc1noc(-c2ccn3c(CNC(=O)c4nccc5ccccc45)nnc3c2)n1. The van der Waals surface area contributed by atoms with Gasteiger partial charge in [0.25, 0.3) is 11.8 Å². The first-order chi connectivity index (χ1) is 14.2. The van der Waals surface area contributed by atoms with E-state index in [9.17, 15) is 4.79 Å². The highest BCUT2D eigenvalue weighted by atomic mass is 16.5. The zero-order valence-corrected chi connectivity index (χ0v) is 15.4.